The van der Waals surface area contributed by atoms with Crippen molar-refractivity contribution in [2.24, 2.45) is 0 Å². The summed E-state index contributed by atoms with van der Waals surface area (Å²) in [7, 11) is -1.52. The fourth-order valence-electron chi connectivity index (χ4n) is 3.70. The molecule has 1 atom stereocenters. The summed E-state index contributed by atoms with van der Waals surface area (Å²) in [6, 6.07) is 15.9. The van der Waals surface area contributed by atoms with Gasteiger partial charge < -0.3 is 10.2 Å². The average molecular weight is 459 g/mol. The van der Waals surface area contributed by atoms with Gasteiger partial charge in [0.2, 0.25) is 10.0 Å². The molecule has 1 heterocycles. The minimum atomic E-state index is -3.64. The van der Waals surface area contributed by atoms with Crippen LogP contribution >= 0.6 is 0 Å². The number of amides is 1. The normalized spacial score (nSPS) is 17.1. The molecule has 2 N–H and O–H groups in total. The van der Waals surface area contributed by atoms with E-state index in [1.165, 1.54) is 12.1 Å². The Balaban J connectivity index is 1.73. The second-order valence-corrected chi connectivity index (χ2v) is 11.1. The molecule has 2 aromatic rings. The van der Waals surface area contributed by atoms with Gasteiger partial charge in [-0.1, -0.05) is 30.3 Å². The lowest BCUT2D eigenvalue weighted by Gasteiger charge is -2.35. The van der Waals surface area contributed by atoms with Crippen molar-refractivity contribution in [3.05, 3.63) is 65.7 Å². The first-order valence-corrected chi connectivity index (χ1v) is 12.4. The molecular formula is C24H34N4O3S. The quantitative estimate of drug-likeness (QED) is 0.666. The van der Waals surface area contributed by atoms with Gasteiger partial charge in [0, 0.05) is 43.8 Å². The predicted molar refractivity (Wildman–Crippen MR) is 127 cm³/mol. The van der Waals surface area contributed by atoms with Crippen LogP contribution in [0.5, 0.6) is 0 Å². The fourth-order valence-corrected chi connectivity index (χ4v) is 5.12. The molecular weight excluding hydrogens is 424 g/mol. The predicted octanol–water partition coefficient (Wildman–Crippen LogP) is 2.48. The highest BCUT2D eigenvalue weighted by Gasteiger charge is 2.24. The third kappa shape index (κ3) is 6.87. The van der Waals surface area contributed by atoms with Crippen LogP contribution in [-0.2, 0) is 10.0 Å². The van der Waals surface area contributed by atoms with E-state index >= 15 is 0 Å². The molecule has 0 aromatic heterocycles. The second kappa shape index (κ2) is 10.1. The van der Waals surface area contributed by atoms with Crippen molar-refractivity contribution < 1.29 is 13.2 Å². The number of nitrogens with zero attached hydrogens (tertiary/aromatic N) is 2. The van der Waals surface area contributed by atoms with Crippen molar-refractivity contribution in [1.29, 1.82) is 0 Å². The first-order valence-electron chi connectivity index (χ1n) is 10.9. The summed E-state index contributed by atoms with van der Waals surface area (Å²) in [6.45, 7) is 10.0. The summed E-state index contributed by atoms with van der Waals surface area (Å²) in [5.41, 5.74) is 0.897. The van der Waals surface area contributed by atoms with Crippen LogP contribution in [0.4, 0.5) is 0 Å². The number of hydrogen-bond donors (Lipinski definition) is 2. The molecule has 0 aliphatic carbocycles. The molecule has 8 heteroatoms. The minimum absolute atomic E-state index is 0.140. The fraction of sp³-hybridized carbons (Fsp3) is 0.458. The zero-order valence-corrected chi connectivity index (χ0v) is 20.2. The third-order valence-corrected chi connectivity index (χ3v) is 7.19. The Morgan fingerprint density at radius 3 is 2.12 bits per heavy atom. The number of sulfonamides is 1. The molecule has 1 aliphatic heterocycles. The van der Waals surface area contributed by atoms with Crippen molar-refractivity contribution in [1.82, 2.24) is 19.8 Å². The molecule has 2 aromatic carbocycles. The van der Waals surface area contributed by atoms with E-state index in [1.54, 1.807) is 32.9 Å². The monoisotopic (exact) mass is 458 g/mol. The molecule has 0 spiro atoms. The van der Waals surface area contributed by atoms with Crippen LogP contribution in [0.25, 0.3) is 0 Å². The molecule has 1 unspecified atom stereocenters. The highest BCUT2D eigenvalue weighted by atomic mass is 32.2. The van der Waals surface area contributed by atoms with Gasteiger partial charge in [-0.25, -0.2) is 13.1 Å². The van der Waals surface area contributed by atoms with Gasteiger partial charge in [0.05, 0.1) is 10.9 Å². The molecule has 1 amide bonds. The maximum Gasteiger partial charge on any atom is 0.251 e. The van der Waals surface area contributed by atoms with E-state index in [9.17, 15) is 13.2 Å². The highest BCUT2D eigenvalue weighted by molar-refractivity contribution is 7.89. The summed E-state index contributed by atoms with van der Waals surface area (Å²) < 4.78 is 27.7. The van der Waals surface area contributed by atoms with Crippen LogP contribution in [0.2, 0.25) is 0 Å². The molecule has 1 aliphatic rings. The van der Waals surface area contributed by atoms with E-state index in [4.69, 9.17) is 0 Å². The van der Waals surface area contributed by atoms with Crippen molar-refractivity contribution in [3.63, 3.8) is 0 Å². The molecule has 3 rings (SSSR count). The van der Waals surface area contributed by atoms with Gasteiger partial charge in [0.1, 0.15) is 0 Å². The highest BCUT2D eigenvalue weighted by Crippen LogP contribution is 2.18. The molecule has 1 saturated heterocycles. The van der Waals surface area contributed by atoms with E-state index in [1.807, 2.05) is 30.3 Å². The van der Waals surface area contributed by atoms with Crippen LogP contribution < -0.4 is 10.0 Å². The maximum atomic E-state index is 13.0. The lowest BCUT2D eigenvalue weighted by atomic mass is 10.0. The van der Waals surface area contributed by atoms with Crippen molar-refractivity contribution in [2.45, 2.75) is 37.2 Å². The first kappa shape index (κ1) is 24.4. The van der Waals surface area contributed by atoms with Gasteiger partial charge >= 0.3 is 0 Å². The Morgan fingerprint density at radius 1 is 0.969 bits per heavy atom. The third-order valence-electron chi connectivity index (χ3n) is 5.41. The van der Waals surface area contributed by atoms with E-state index in [0.717, 1.165) is 38.3 Å². The Bertz CT molecular complexity index is 994. The van der Waals surface area contributed by atoms with Crippen molar-refractivity contribution in [2.75, 3.05) is 39.8 Å². The summed E-state index contributed by atoms with van der Waals surface area (Å²) >= 11 is 0. The van der Waals surface area contributed by atoms with Gasteiger partial charge in [0.15, 0.2) is 0 Å². The van der Waals surface area contributed by atoms with Crippen LogP contribution in [0.1, 0.15) is 42.7 Å². The smallest absolute Gasteiger partial charge is 0.251 e. The summed E-state index contributed by atoms with van der Waals surface area (Å²) in [6.07, 6.45) is 0. The van der Waals surface area contributed by atoms with Gasteiger partial charge in [-0.3, -0.25) is 9.69 Å². The lowest BCUT2D eigenvalue weighted by Crippen LogP contribution is -2.47. The van der Waals surface area contributed by atoms with Crippen molar-refractivity contribution >= 4 is 15.9 Å². The SMILES string of the molecule is CN1CCN(CC(NC(=O)c2ccc(S(=O)(=O)NC(C)(C)C)cc2)c2ccccc2)CC1. The number of benzene rings is 2. The molecule has 7 nitrogen and oxygen atoms in total. The van der Waals surface area contributed by atoms with Gasteiger partial charge in [-0.2, -0.15) is 0 Å². The van der Waals surface area contributed by atoms with Crippen LogP contribution in [0.3, 0.4) is 0 Å². The number of nitrogens with one attached hydrogen (secondary N) is 2. The number of rotatable bonds is 7. The minimum Gasteiger partial charge on any atom is -0.344 e. The lowest BCUT2D eigenvalue weighted by molar-refractivity contribution is 0.0907. The molecule has 0 radical (unpaired) electrons. The molecule has 0 bridgehead atoms. The zero-order valence-electron chi connectivity index (χ0n) is 19.3. The van der Waals surface area contributed by atoms with Gasteiger partial charge in [0.25, 0.3) is 5.91 Å². The van der Waals surface area contributed by atoms with Crippen LogP contribution in [-0.4, -0.2) is 69.4 Å². The van der Waals surface area contributed by atoms with E-state index in [2.05, 4.69) is 26.9 Å². The maximum absolute atomic E-state index is 13.0. The first-order chi connectivity index (χ1) is 15.0. The topological polar surface area (TPSA) is 81.8 Å². The Labute approximate surface area is 191 Å². The number of carbonyl (C=O) groups excluding carboxylic acids is 1. The summed E-state index contributed by atoms with van der Waals surface area (Å²) in [5.74, 6) is -0.222. The zero-order chi connectivity index (χ0) is 23.4. The molecule has 1 fully saturated rings. The number of piperazine rings is 1. The second-order valence-electron chi connectivity index (χ2n) is 9.42. The van der Waals surface area contributed by atoms with Gasteiger partial charge in [-0.05, 0) is 57.6 Å². The number of hydrogen-bond acceptors (Lipinski definition) is 5. The standard InChI is InChI=1S/C24H34N4O3S/c1-24(2,3)26-32(30,31)21-12-10-20(11-13-21)23(29)25-22(19-8-6-5-7-9-19)18-28-16-14-27(4)15-17-28/h5-13,22,26H,14-18H2,1-4H3,(H,25,29). The molecule has 174 valence electrons. The number of likely N-dealkylation sites (N-methyl/N-ethyl adjacent to an activating group) is 1. The Hall–Kier alpha value is -2.26. The van der Waals surface area contributed by atoms with E-state index < -0.39 is 15.6 Å². The van der Waals surface area contributed by atoms with Gasteiger partial charge in [-0.15, -0.1) is 0 Å². The Morgan fingerprint density at radius 2 is 1.56 bits per heavy atom. The van der Waals surface area contributed by atoms with Crippen molar-refractivity contribution in [3.8, 4) is 0 Å². The average Bonchev–Trinajstić information content (AvgIpc) is 2.74. The summed E-state index contributed by atoms with van der Waals surface area (Å²) in [4.78, 5) is 17.8. The van der Waals surface area contributed by atoms with Crippen LogP contribution in [0.15, 0.2) is 59.5 Å². The molecule has 0 saturated carbocycles. The number of carbonyl (C=O) groups is 1. The van der Waals surface area contributed by atoms with E-state index in [-0.39, 0.29) is 16.8 Å². The molecule has 32 heavy (non-hydrogen) atoms. The largest absolute Gasteiger partial charge is 0.344 e. The van der Waals surface area contributed by atoms with Crippen LogP contribution in [0, 0.1) is 0 Å². The van der Waals surface area contributed by atoms with E-state index in [0.29, 0.717) is 5.56 Å². The summed E-state index contributed by atoms with van der Waals surface area (Å²) in [5, 5.41) is 3.15. The Kier molecular flexibility index (Phi) is 7.71.